The van der Waals surface area contributed by atoms with E-state index in [-0.39, 0.29) is 18.6 Å². The van der Waals surface area contributed by atoms with Crippen molar-refractivity contribution in [2.24, 2.45) is 0 Å². The molecule has 0 aliphatic rings. The molecule has 1 unspecified atom stereocenters. The summed E-state index contributed by atoms with van der Waals surface area (Å²) in [5.41, 5.74) is 1.55. The molecule has 0 saturated carbocycles. The van der Waals surface area contributed by atoms with Gasteiger partial charge in [-0.1, -0.05) is 6.92 Å². The third-order valence-electron chi connectivity index (χ3n) is 2.90. The van der Waals surface area contributed by atoms with E-state index in [0.29, 0.717) is 18.7 Å². The number of carbonyl (C=O) groups excluding carboxylic acids is 1. The van der Waals surface area contributed by atoms with E-state index in [1.54, 1.807) is 4.68 Å². The highest BCUT2D eigenvalue weighted by molar-refractivity contribution is 5.92. The molecule has 1 heterocycles. The van der Waals surface area contributed by atoms with Gasteiger partial charge in [-0.15, -0.1) is 0 Å². The number of hydrogen-bond acceptors (Lipinski definition) is 3. The summed E-state index contributed by atoms with van der Waals surface area (Å²) < 4.78 is 1.73. The van der Waals surface area contributed by atoms with Crippen molar-refractivity contribution in [1.82, 2.24) is 15.1 Å². The molecule has 1 rings (SSSR count). The number of nitrogens with one attached hydrogen (secondary N) is 1. The quantitative estimate of drug-likeness (QED) is 0.771. The number of nitrogens with zero attached hydrogens (tertiary/aromatic N) is 2. The lowest BCUT2D eigenvalue weighted by Gasteiger charge is -2.13. The van der Waals surface area contributed by atoms with E-state index >= 15 is 0 Å². The van der Waals surface area contributed by atoms with E-state index in [2.05, 4.69) is 10.4 Å². The van der Waals surface area contributed by atoms with Gasteiger partial charge in [0.05, 0.1) is 5.69 Å². The Labute approximate surface area is 108 Å². The van der Waals surface area contributed by atoms with Crippen LogP contribution in [0, 0.1) is 0 Å². The molecule has 1 aromatic rings. The average Bonchev–Trinajstić information content (AvgIpc) is 2.79. The third-order valence-corrected chi connectivity index (χ3v) is 2.90. The number of carbonyl (C=O) groups is 1. The maximum absolute atomic E-state index is 12.1. The number of aliphatic hydroxyl groups excluding tert-OH is 1. The highest BCUT2D eigenvalue weighted by Gasteiger charge is 2.15. The monoisotopic (exact) mass is 253 g/mol. The van der Waals surface area contributed by atoms with Crippen LogP contribution < -0.4 is 5.32 Å². The Morgan fingerprint density at radius 2 is 2.28 bits per heavy atom. The van der Waals surface area contributed by atoms with Crippen LogP contribution in [-0.2, 0) is 13.0 Å². The first-order chi connectivity index (χ1) is 8.62. The summed E-state index contributed by atoms with van der Waals surface area (Å²) in [6, 6.07) is 1.91. The van der Waals surface area contributed by atoms with Crippen LogP contribution in [0.4, 0.5) is 0 Å². The summed E-state index contributed by atoms with van der Waals surface area (Å²) >= 11 is 0. The van der Waals surface area contributed by atoms with Crippen LogP contribution in [0.2, 0.25) is 0 Å². The summed E-state index contributed by atoms with van der Waals surface area (Å²) in [5, 5.41) is 16.0. The molecule has 5 nitrogen and oxygen atoms in total. The van der Waals surface area contributed by atoms with Crippen molar-refractivity contribution in [3.8, 4) is 0 Å². The van der Waals surface area contributed by atoms with Gasteiger partial charge in [0.1, 0.15) is 5.69 Å². The fourth-order valence-electron chi connectivity index (χ4n) is 1.83. The fourth-order valence-corrected chi connectivity index (χ4v) is 1.83. The number of rotatable bonds is 7. The topological polar surface area (TPSA) is 67.2 Å². The SMILES string of the molecule is CCc1cc(C(=O)NC(C)CCCO)n(CC)n1. The van der Waals surface area contributed by atoms with Gasteiger partial charge in [0.15, 0.2) is 0 Å². The first kappa shape index (κ1) is 14.7. The Balaban J connectivity index is 2.68. The highest BCUT2D eigenvalue weighted by atomic mass is 16.3. The van der Waals surface area contributed by atoms with Crippen molar-refractivity contribution >= 4 is 5.91 Å². The second-order valence-electron chi connectivity index (χ2n) is 4.43. The number of aryl methyl sites for hydroxylation is 2. The van der Waals surface area contributed by atoms with Crippen LogP contribution in [0.3, 0.4) is 0 Å². The van der Waals surface area contributed by atoms with E-state index < -0.39 is 0 Å². The molecule has 1 aromatic heterocycles. The molecule has 0 fully saturated rings. The van der Waals surface area contributed by atoms with E-state index in [9.17, 15) is 4.79 Å². The highest BCUT2D eigenvalue weighted by Crippen LogP contribution is 2.07. The standard InChI is InChI=1S/C13H23N3O2/c1-4-11-9-12(16(5-2)15-11)13(18)14-10(3)7-6-8-17/h9-10,17H,4-8H2,1-3H3,(H,14,18). The van der Waals surface area contributed by atoms with Gasteiger partial charge in [-0.3, -0.25) is 9.48 Å². The Bertz CT molecular complexity index is 388. The molecule has 0 aliphatic carbocycles. The zero-order chi connectivity index (χ0) is 13.5. The largest absolute Gasteiger partial charge is 0.396 e. The Morgan fingerprint density at radius 3 is 2.83 bits per heavy atom. The Kier molecular flexibility index (Phi) is 5.85. The average molecular weight is 253 g/mol. The molecule has 0 saturated heterocycles. The van der Waals surface area contributed by atoms with Gasteiger partial charge >= 0.3 is 0 Å². The molecule has 0 spiro atoms. The zero-order valence-electron chi connectivity index (χ0n) is 11.4. The molecule has 0 aromatic carbocycles. The normalized spacial score (nSPS) is 12.4. The molecule has 18 heavy (non-hydrogen) atoms. The second-order valence-corrected chi connectivity index (χ2v) is 4.43. The summed E-state index contributed by atoms with van der Waals surface area (Å²) in [6.45, 7) is 6.79. The molecule has 1 atom stereocenters. The van der Waals surface area contributed by atoms with Gasteiger partial charge in [-0.2, -0.15) is 5.10 Å². The molecule has 0 bridgehead atoms. The lowest BCUT2D eigenvalue weighted by atomic mass is 10.2. The van der Waals surface area contributed by atoms with Gasteiger partial charge in [-0.05, 0) is 39.2 Å². The van der Waals surface area contributed by atoms with E-state index in [0.717, 1.165) is 18.5 Å². The first-order valence-corrected chi connectivity index (χ1v) is 6.60. The van der Waals surface area contributed by atoms with E-state index in [1.165, 1.54) is 0 Å². The summed E-state index contributed by atoms with van der Waals surface area (Å²) in [4.78, 5) is 12.1. The van der Waals surface area contributed by atoms with Crippen molar-refractivity contribution in [2.45, 2.75) is 52.6 Å². The fraction of sp³-hybridized carbons (Fsp3) is 0.692. The second kappa shape index (κ2) is 7.16. The molecule has 5 heteroatoms. The van der Waals surface area contributed by atoms with Crippen molar-refractivity contribution in [3.63, 3.8) is 0 Å². The van der Waals surface area contributed by atoms with Gasteiger partial charge in [-0.25, -0.2) is 0 Å². The molecule has 0 radical (unpaired) electrons. The van der Waals surface area contributed by atoms with Crippen molar-refractivity contribution < 1.29 is 9.90 Å². The van der Waals surface area contributed by atoms with Crippen LogP contribution in [0.15, 0.2) is 6.07 Å². The molecular formula is C13H23N3O2. The summed E-state index contributed by atoms with van der Waals surface area (Å²) in [5.74, 6) is -0.0884. The predicted molar refractivity (Wildman–Crippen MR) is 70.5 cm³/mol. The smallest absolute Gasteiger partial charge is 0.269 e. The Hall–Kier alpha value is -1.36. The maximum Gasteiger partial charge on any atom is 0.269 e. The van der Waals surface area contributed by atoms with Crippen LogP contribution in [-0.4, -0.2) is 33.4 Å². The molecule has 102 valence electrons. The van der Waals surface area contributed by atoms with Gasteiger partial charge in [0.2, 0.25) is 0 Å². The number of amides is 1. The molecule has 2 N–H and O–H groups in total. The minimum atomic E-state index is -0.0884. The zero-order valence-corrected chi connectivity index (χ0v) is 11.4. The molecule has 1 amide bonds. The van der Waals surface area contributed by atoms with E-state index in [4.69, 9.17) is 5.11 Å². The minimum Gasteiger partial charge on any atom is -0.396 e. The van der Waals surface area contributed by atoms with Gasteiger partial charge in [0.25, 0.3) is 5.91 Å². The summed E-state index contributed by atoms with van der Waals surface area (Å²) in [7, 11) is 0. The van der Waals surface area contributed by atoms with Crippen molar-refractivity contribution in [1.29, 1.82) is 0 Å². The van der Waals surface area contributed by atoms with Crippen LogP contribution in [0.25, 0.3) is 0 Å². The summed E-state index contributed by atoms with van der Waals surface area (Å²) in [6.07, 6.45) is 2.31. The van der Waals surface area contributed by atoms with Crippen LogP contribution >= 0.6 is 0 Å². The van der Waals surface area contributed by atoms with Gasteiger partial charge < -0.3 is 10.4 Å². The lowest BCUT2D eigenvalue weighted by Crippen LogP contribution is -2.34. The van der Waals surface area contributed by atoms with Crippen LogP contribution in [0.1, 0.15) is 49.8 Å². The first-order valence-electron chi connectivity index (χ1n) is 6.60. The van der Waals surface area contributed by atoms with E-state index in [1.807, 2.05) is 26.8 Å². The van der Waals surface area contributed by atoms with Crippen LogP contribution in [0.5, 0.6) is 0 Å². The molecule has 0 aliphatic heterocycles. The van der Waals surface area contributed by atoms with Gasteiger partial charge in [0, 0.05) is 19.2 Å². The molecular weight excluding hydrogens is 230 g/mol. The van der Waals surface area contributed by atoms with Crippen molar-refractivity contribution in [2.75, 3.05) is 6.61 Å². The predicted octanol–water partition coefficient (Wildman–Crippen LogP) is 1.36. The third kappa shape index (κ3) is 3.84. The Morgan fingerprint density at radius 1 is 1.56 bits per heavy atom. The number of hydrogen-bond donors (Lipinski definition) is 2. The van der Waals surface area contributed by atoms with Crippen molar-refractivity contribution in [3.05, 3.63) is 17.5 Å². The maximum atomic E-state index is 12.1. The number of aromatic nitrogens is 2. The lowest BCUT2D eigenvalue weighted by molar-refractivity contribution is 0.0925. The minimum absolute atomic E-state index is 0.0648. The number of aliphatic hydroxyl groups is 1.